The van der Waals surface area contributed by atoms with E-state index in [0.717, 1.165) is 5.56 Å². The Morgan fingerprint density at radius 1 is 0.676 bits per heavy atom. The number of ether oxygens (including phenoxy) is 2. The van der Waals surface area contributed by atoms with Crippen LogP contribution in [0, 0.1) is 0 Å². The third-order valence-electron chi connectivity index (χ3n) is 4.71. The molecule has 0 aliphatic rings. The third kappa shape index (κ3) is 9.31. The minimum atomic E-state index is -0.555. The highest BCUT2D eigenvalue weighted by molar-refractivity contribution is 6.30. The number of anilines is 2. The van der Waals surface area contributed by atoms with E-state index in [4.69, 9.17) is 32.7 Å². The molecule has 0 bridgehead atoms. The molecule has 9 heteroatoms. The fourth-order valence-electron chi connectivity index (χ4n) is 3.02. The third-order valence-corrected chi connectivity index (χ3v) is 5.22. The molecule has 0 spiro atoms. The Morgan fingerprint density at radius 3 is 1.56 bits per heavy atom. The summed E-state index contributed by atoms with van der Waals surface area (Å²) in [5.41, 5.74) is 2.28. The molecule has 2 amide bonds. The van der Waals surface area contributed by atoms with Gasteiger partial charge in [-0.05, 0) is 54.1 Å². The molecule has 0 unspecified atom stereocenters. The average Bonchev–Trinajstić information content (AvgIpc) is 2.82. The van der Waals surface area contributed by atoms with Crippen LogP contribution in [0.2, 0.25) is 10.0 Å². The van der Waals surface area contributed by atoms with Crippen molar-refractivity contribution in [3.05, 3.63) is 94.5 Å². The molecule has 0 aliphatic carbocycles. The van der Waals surface area contributed by atoms with E-state index in [2.05, 4.69) is 10.6 Å². The SMILES string of the molecule is O=C(Nc1ccc(Cl)cc1)OCCN(CCOC(=O)Nc1ccc(Cl)cc1)Cc1ccccc1. The second kappa shape index (κ2) is 13.4. The molecule has 3 aromatic rings. The van der Waals surface area contributed by atoms with Crippen LogP contribution in [0.15, 0.2) is 78.9 Å². The summed E-state index contributed by atoms with van der Waals surface area (Å²) in [7, 11) is 0. The molecule has 0 atom stereocenters. The van der Waals surface area contributed by atoms with Crippen LogP contribution in [-0.2, 0) is 16.0 Å². The second-order valence-electron chi connectivity index (χ2n) is 7.30. The first kappa shape index (κ1) is 25.4. The van der Waals surface area contributed by atoms with E-state index in [-0.39, 0.29) is 13.2 Å². The van der Waals surface area contributed by atoms with Crippen LogP contribution in [0.3, 0.4) is 0 Å². The smallest absolute Gasteiger partial charge is 0.411 e. The summed E-state index contributed by atoms with van der Waals surface area (Å²) in [6.07, 6.45) is -1.11. The van der Waals surface area contributed by atoms with Gasteiger partial charge < -0.3 is 9.47 Å². The van der Waals surface area contributed by atoms with Crippen LogP contribution < -0.4 is 10.6 Å². The van der Waals surface area contributed by atoms with Crippen molar-refractivity contribution in [3.63, 3.8) is 0 Å². The van der Waals surface area contributed by atoms with Crippen molar-refractivity contribution in [2.24, 2.45) is 0 Å². The van der Waals surface area contributed by atoms with Crippen molar-refractivity contribution in [1.29, 1.82) is 0 Å². The molecule has 3 aromatic carbocycles. The van der Waals surface area contributed by atoms with Crippen molar-refractivity contribution in [1.82, 2.24) is 4.90 Å². The fourth-order valence-corrected chi connectivity index (χ4v) is 3.27. The van der Waals surface area contributed by atoms with Gasteiger partial charge in [-0.1, -0.05) is 53.5 Å². The summed E-state index contributed by atoms with van der Waals surface area (Å²) < 4.78 is 10.6. The number of rotatable bonds is 10. The highest BCUT2D eigenvalue weighted by Crippen LogP contribution is 2.14. The zero-order valence-corrected chi connectivity index (χ0v) is 19.9. The minimum Gasteiger partial charge on any atom is -0.448 e. The monoisotopic (exact) mass is 501 g/mol. The van der Waals surface area contributed by atoms with Gasteiger partial charge >= 0.3 is 12.2 Å². The standard InChI is InChI=1S/C25H25Cl2N3O4/c26-20-6-10-22(11-7-20)28-24(31)33-16-14-30(18-19-4-2-1-3-5-19)15-17-34-25(32)29-23-12-8-21(27)9-13-23/h1-13H,14-18H2,(H,28,31)(H,29,32). The van der Waals surface area contributed by atoms with Crippen LogP contribution in [-0.4, -0.2) is 43.4 Å². The first-order chi connectivity index (χ1) is 16.5. The molecule has 2 N–H and O–H groups in total. The molecule has 3 rings (SSSR count). The van der Waals surface area contributed by atoms with E-state index < -0.39 is 12.2 Å². The molecule has 0 saturated heterocycles. The Hall–Kier alpha value is -3.26. The normalized spacial score (nSPS) is 10.6. The van der Waals surface area contributed by atoms with Crippen molar-refractivity contribution < 1.29 is 19.1 Å². The lowest BCUT2D eigenvalue weighted by Crippen LogP contribution is -2.32. The van der Waals surface area contributed by atoms with Gasteiger partial charge in [0.25, 0.3) is 0 Å². The summed E-state index contributed by atoms with van der Waals surface area (Å²) in [5, 5.41) is 6.47. The lowest BCUT2D eigenvalue weighted by Gasteiger charge is -2.22. The van der Waals surface area contributed by atoms with Gasteiger partial charge in [-0.3, -0.25) is 15.5 Å². The van der Waals surface area contributed by atoms with Crippen molar-refractivity contribution in [2.75, 3.05) is 36.9 Å². The van der Waals surface area contributed by atoms with Crippen molar-refractivity contribution in [3.8, 4) is 0 Å². The van der Waals surface area contributed by atoms with Gasteiger partial charge in [0, 0.05) is 41.1 Å². The van der Waals surface area contributed by atoms with E-state index in [0.29, 0.717) is 41.1 Å². The predicted molar refractivity (Wildman–Crippen MR) is 135 cm³/mol. The van der Waals surface area contributed by atoms with Gasteiger partial charge in [0.15, 0.2) is 0 Å². The van der Waals surface area contributed by atoms with Crippen LogP contribution >= 0.6 is 23.2 Å². The Morgan fingerprint density at radius 2 is 1.12 bits per heavy atom. The van der Waals surface area contributed by atoms with Crippen molar-refractivity contribution in [2.45, 2.75) is 6.54 Å². The number of nitrogens with one attached hydrogen (secondary N) is 2. The number of nitrogens with zero attached hydrogens (tertiary/aromatic N) is 1. The Balaban J connectivity index is 1.45. The maximum atomic E-state index is 12.1. The zero-order chi connectivity index (χ0) is 24.2. The lowest BCUT2D eigenvalue weighted by molar-refractivity contribution is 0.114. The highest BCUT2D eigenvalue weighted by atomic mass is 35.5. The largest absolute Gasteiger partial charge is 0.448 e. The fraction of sp³-hybridized carbons (Fsp3) is 0.200. The number of halogens is 2. The summed E-state index contributed by atoms with van der Waals surface area (Å²) in [6, 6.07) is 23.4. The molecule has 34 heavy (non-hydrogen) atoms. The summed E-state index contributed by atoms with van der Waals surface area (Å²) in [6.45, 7) is 1.88. The molecule has 0 radical (unpaired) electrons. The molecular weight excluding hydrogens is 477 g/mol. The molecule has 0 aliphatic heterocycles. The zero-order valence-electron chi connectivity index (χ0n) is 18.4. The number of hydrogen-bond donors (Lipinski definition) is 2. The topological polar surface area (TPSA) is 79.9 Å². The average molecular weight is 502 g/mol. The van der Waals surface area contributed by atoms with E-state index in [1.54, 1.807) is 48.5 Å². The molecule has 178 valence electrons. The van der Waals surface area contributed by atoms with Crippen molar-refractivity contribution >= 4 is 46.8 Å². The van der Waals surface area contributed by atoms with E-state index in [1.165, 1.54) is 0 Å². The molecule has 0 saturated carbocycles. The number of hydrogen-bond acceptors (Lipinski definition) is 5. The minimum absolute atomic E-state index is 0.170. The van der Waals surface area contributed by atoms with Crippen LogP contribution in [0.4, 0.5) is 21.0 Å². The van der Waals surface area contributed by atoms with Gasteiger partial charge in [0.1, 0.15) is 13.2 Å². The predicted octanol–water partition coefficient (Wildman–Crippen LogP) is 6.29. The Bertz CT molecular complexity index is 983. The molecule has 7 nitrogen and oxygen atoms in total. The Labute approximate surface area is 208 Å². The molecule has 0 heterocycles. The number of benzene rings is 3. The van der Waals surface area contributed by atoms with E-state index in [9.17, 15) is 9.59 Å². The van der Waals surface area contributed by atoms with Gasteiger partial charge in [-0.15, -0.1) is 0 Å². The van der Waals surface area contributed by atoms with Crippen LogP contribution in [0.1, 0.15) is 5.56 Å². The number of carbonyl (C=O) groups excluding carboxylic acids is 2. The summed E-state index contributed by atoms with van der Waals surface area (Å²) in [4.78, 5) is 26.2. The lowest BCUT2D eigenvalue weighted by atomic mass is 10.2. The van der Waals surface area contributed by atoms with E-state index in [1.807, 2.05) is 35.2 Å². The summed E-state index contributed by atoms with van der Waals surface area (Å²) >= 11 is 11.7. The first-order valence-electron chi connectivity index (χ1n) is 10.6. The number of amides is 2. The van der Waals surface area contributed by atoms with Gasteiger partial charge in [-0.25, -0.2) is 9.59 Å². The first-order valence-corrected chi connectivity index (χ1v) is 11.4. The van der Waals surface area contributed by atoms with Crippen LogP contribution in [0.5, 0.6) is 0 Å². The summed E-state index contributed by atoms with van der Waals surface area (Å²) in [5.74, 6) is 0. The molecule has 0 fully saturated rings. The Kier molecular flexibility index (Phi) is 10.0. The molecular formula is C25H25Cl2N3O4. The maximum absolute atomic E-state index is 12.1. The van der Waals surface area contributed by atoms with E-state index >= 15 is 0 Å². The highest BCUT2D eigenvalue weighted by Gasteiger charge is 2.11. The van der Waals surface area contributed by atoms with Gasteiger partial charge in [0.2, 0.25) is 0 Å². The maximum Gasteiger partial charge on any atom is 0.411 e. The van der Waals surface area contributed by atoms with Gasteiger partial charge in [0.05, 0.1) is 0 Å². The van der Waals surface area contributed by atoms with Gasteiger partial charge in [-0.2, -0.15) is 0 Å². The second-order valence-corrected chi connectivity index (χ2v) is 8.17. The number of carbonyl (C=O) groups is 2. The molecule has 0 aromatic heterocycles. The quantitative estimate of drug-likeness (QED) is 0.341. The van der Waals surface area contributed by atoms with Crippen LogP contribution in [0.25, 0.3) is 0 Å².